The number of benzene rings is 3. The number of thioether (sulfide) groups is 1. The molecule has 1 aliphatic rings. The van der Waals surface area contributed by atoms with E-state index in [4.69, 9.17) is 11.6 Å². The second-order valence-electron chi connectivity index (χ2n) is 8.14. The number of nitrogens with zero attached hydrogens (tertiary/aromatic N) is 2. The van der Waals surface area contributed by atoms with E-state index in [-0.39, 0.29) is 11.8 Å². The molecule has 1 aromatic heterocycles. The zero-order valence-electron chi connectivity index (χ0n) is 19.1. The molecule has 0 spiro atoms. The van der Waals surface area contributed by atoms with Crippen LogP contribution in [0, 0.1) is 0 Å². The summed E-state index contributed by atoms with van der Waals surface area (Å²) >= 11 is 7.60. The maximum atomic E-state index is 12.5. The molecule has 8 heteroatoms. The van der Waals surface area contributed by atoms with Crippen LogP contribution in [0.3, 0.4) is 0 Å². The van der Waals surface area contributed by atoms with Crippen molar-refractivity contribution in [3.05, 3.63) is 106 Å². The largest absolute Gasteiger partial charge is 0.333 e. The first-order valence-electron chi connectivity index (χ1n) is 11.3. The lowest BCUT2D eigenvalue weighted by Gasteiger charge is -2.11. The van der Waals surface area contributed by atoms with E-state index in [0.29, 0.717) is 39.3 Å². The first-order chi connectivity index (χ1) is 17.5. The topological polar surface area (TPSA) is 83.5 Å². The van der Waals surface area contributed by atoms with Crippen LogP contribution in [0.4, 0.5) is 11.4 Å². The van der Waals surface area contributed by atoms with E-state index in [1.807, 2.05) is 66.7 Å². The standard InChI is InChI=1S/C28H21ClN4O2S/c29-22-11-10-21(31-26(34)13-9-18-5-2-1-3-6-18)17-24(22)32-28-33-27(35)25(36-28)16-19-8-12-23-20(15-19)7-4-14-30-23/h1-8,10-12,14-17H,9,13H2,(H,31,34)(H,32,33,35). The van der Waals surface area contributed by atoms with E-state index < -0.39 is 0 Å². The van der Waals surface area contributed by atoms with Crippen LogP contribution in [-0.2, 0) is 16.0 Å². The van der Waals surface area contributed by atoms with Crippen LogP contribution in [0.15, 0.2) is 95.0 Å². The highest BCUT2D eigenvalue weighted by Gasteiger charge is 2.22. The molecular weight excluding hydrogens is 492 g/mol. The van der Waals surface area contributed by atoms with Crippen molar-refractivity contribution in [2.24, 2.45) is 4.99 Å². The second-order valence-corrected chi connectivity index (χ2v) is 9.58. The third-order valence-electron chi connectivity index (χ3n) is 5.52. The number of hydrogen-bond donors (Lipinski definition) is 2. The Labute approximate surface area is 217 Å². The minimum absolute atomic E-state index is 0.0920. The number of amidine groups is 1. The molecule has 6 nitrogen and oxygen atoms in total. The van der Waals surface area contributed by atoms with Gasteiger partial charge in [0.05, 0.1) is 21.1 Å². The predicted molar refractivity (Wildman–Crippen MR) is 148 cm³/mol. The maximum Gasteiger partial charge on any atom is 0.286 e. The number of aliphatic imine (C=N–C) groups is 1. The molecule has 0 atom stereocenters. The van der Waals surface area contributed by atoms with Gasteiger partial charge in [-0.25, -0.2) is 0 Å². The number of anilines is 2. The Kier molecular flexibility index (Phi) is 7.11. The smallest absolute Gasteiger partial charge is 0.286 e. The molecule has 178 valence electrons. The molecule has 0 aliphatic carbocycles. The lowest BCUT2D eigenvalue weighted by molar-refractivity contribution is -0.116. The lowest BCUT2D eigenvalue weighted by Crippen LogP contribution is -2.13. The summed E-state index contributed by atoms with van der Waals surface area (Å²) in [6.07, 6.45) is 4.58. The molecular formula is C28H21ClN4O2S. The number of pyridine rings is 1. The van der Waals surface area contributed by atoms with E-state index in [9.17, 15) is 9.59 Å². The molecule has 0 saturated heterocycles. The summed E-state index contributed by atoms with van der Waals surface area (Å²) in [5, 5.41) is 7.88. The van der Waals surface area contributed by atoms with Crippen molar-refractivity contribution in [3.63, 3.8) is 0 Å². The van der Waals surface area contributed by atoms with E-state index in [1.54, 1.807) is 24.4 Å². The Morgan fingerprint density at radius 3 is 2.72 bits per heavy atom. The van der Waals surface area contributed by atoms with Crippen molar-refractivity contribution in [3.8, 4) is 0 Å². The average molecular weight is 513 g/mol. The van der Waals surface area contributed by atoms with Gasteiger partial charge in [-0.2, -0.15) is 4.99 Å². The molecule has 3 aromatic carbocycles. The number of aryl methyl sites for hydroxylation is 1. The number of nitrogens with one attached hydrogen (secondary N) is 2. The number of aromatic nitrogens is 1. The van der Waals surface area contributed by atoms with E-state index in [2.05, 4.69) is 20.6 Å². The Bertz CT molecular complexity index is 1520. The van der Waals surface area contributed by atoms with Gasteiger partial charge in [0.1, 0.15) is 0 Å². The van der Waals surface area contributed by atoms with E-state index in [1.165, 1.54) is 11.8 Å². The van der Waals surface area contributed by atoms with Gasteiger partial charge < -0.3 is 10.6 Å². The summed E-state index contributed by atoms with van der Waals surface area (Å²) in [6.45, 7) is 0. The van der Waals surface area contributed by atoms with Gasteiger partial charge >= 0.3 is 0 Å². The number of hydrogen-bond acceptors (Lipinski definition) is 5. The summed E-state index contributed by atoms with van der Waals surface area (Å²) in [7, 11) is 0. The summed E-state index contributed by atoms with van der Waals surface area (Å²) in [6, 6.07) is 24.7. The van der Waals surface area contributed by atoms with Crippen molar-refractivity contribution < 1.29 is 9.59 Å². The summed E-state index contributed by atoms with van der Waals surface area (Å²) < 4.78 is 0. The van der Waals surface area contributed by atoms with Crippen LogP contribution in [0.25, 0.3) is 17.0 Å². The summed E-state index contributed by atoms with van der Waals surface area (Å²) in [5.41, 5.74) is 4.05. The molecule has 2 N–H and O–H groups in total. The molecule has 4 aromatic rings. The van der Waals surface area contributed by atoms with Crippen LogP contribution in [-0.4, -0.2) is 22.0 Å². The molecule has 0 radical (unpaired) electrons. The predicted octanol–water partition coefficient (Wildman–Crippen LogP) is 6.54. The van der Waals surface area contributed by atoms with Crippen LogP contribution in [0.5, 0.6) is 0 Å². The maximum absolute atomic E-state index is 12.5. The monoisotopic (exact) mass is 512 g/mol. The minimum Gasteiger partial charge on any atom is -0.333 e. The number of carbonyl (C=O) groups is 2. The van der Waals surface area contributed by atoms with Gasteiger partial charge in [-0.15, -0.1) is 0 Å². The van der Waals surface area contributed by atoms with Crippen LogP contribution >= 0.6 is 23.4 Å². The fourth-order valence-corrected chi connectivity index (χ4v) is 4.73. The fourth-order valence-electron chi connectivity index (χ4n) is 3.74. The normalized spacial score (nSPS) is 14.2. The number of fused-ring (bicyclic) bond motifs is 1. The molecule has 0 saturated carbocycles. The van der Waals surface area contributed by atoms with Crippen LogP contribution in [0.2, 0.25) is 5.02 Å². The summed E-state index contributed by atoms with van der Waals surface area (Å²) in [5.74, 6) is -0.416. The van der Waals surface area contributed by atoms with Crippen LogP contribution < -0.4 is 10.6 Å². The van der Waals surface area contributed by atoms with Crippen molar-refractivity contribution in [2.45, 2.75) is 12.8 Å². The average Bonchev–Trinajstić information content (AvgIpc) is 3.23. The number of rotatable bonds is 6. The van der Waals surface area contributed by atoms with Crippen molar-refractivity contribution in [1.82, 2.24) is 4.98 Å². The zero-order valence-corrected chi connectivity index (χ0v) is 20.6. The van der Waals surface area contributed by atoms with E-state index in [0.717, 1.165) is 22.0 Å². The molecule has 1 aliphatic heterocycles. The van der Waals surface area contributed by atoms with Crippen molar-refractivity contribution in [2.75, 3.05) is 10.6 Å². The lowest BCUT2D eigenvalue weighted by atomic mass is 10.1. The first-order valence-corrected chi connectivity index (χ1v) is 12.5. The van der Waals surface area contributed by atoms with Crippen LogP contribution in [0.1, 0.15) is 17.5 Å². The minimum atomic E-state index is -0.324. The Hall–Kier alpha value is -3.94. The number of halogens is 1. The van der Waals surface area contributed by atoms with Gasteiger partial charge in [-0.05, 0) is 71.8 Å². The quantitative estimate of drug-likeness (QED) is 0.286. The van der Waals surface area contributed by atoms with Crippen molar-refractivity contribution in [1.29, 1.82) is 0 Å². The fraction of sp³-hybridized carbons (Fsp3) is 0.0714. The second kappa shape index (κ2) is 10.8. The molecule has 36 heavy (non-hydrogen) atoms. The highest BCUT2D eigenvalue weighted by atomic mass is 35.5. The van der Waals surface area contributed by atoms with Crippen molar-refractivity contribution >= 4 is 68.7 Å². The molecule has 0 fully saturated rings. The summed E-state index contributed by atoms with van der Waals surface area (Å²) in [4.78, 5) is 33.9. The number of amides is 2. The Morgan fingerprint density at radius 2 is 1.86 bits per heavy atom. The van der Waals surface area contributed by atoms with Gasteiger partial charge in [0.15, 0.2) is 5.17 Å². The van der Waals surface area contributed by atoms with Gasteiger partial charge in [0.25, 0.3) is 5.91 Å². The van der Waals surface area contributed by atoms with E-state index >= 15 is 0 Å². The van der Waals surface area contributed by atoms with Gasteiger partial charge in [-0.1, -0.05) is 54.1 Å². The highest BCUT2D eigenvalue weighted by Crippen LogP contribution is 2.32. The SMILES string of the molecule is O=C(CCc1ccccc1)Nc1ccc(Cl)c(NC2=NC(=O)C(=Cc3ccc4ncccc4c3)S2)c1. The highest BCUT2D eigenvalue weighted by molar-refractivity contribution is 8.18. The third-order valence-corrected chi connectivity index (χ3v) is 6.75. The zero-order chi connectivity index (χ0) is 24.9. The van der Waals surface area contributed by atoms with Gasteiger partial charge in [-0.3, -0.25) is 14.6 Å². The molecule has 2 amide bonds. The molecule has 0 unspecified atom stereocenters. The first kappa shape index (κ1) is 23.8. The molecule has 2 heterocycles. The Balaban J connectivity index is 1.24. The number of carbonyl (C=O) groups excluding carboxylic acids is 2. The molecule has 0 bridgehead atoms. The third kappa shape index (κ3) is 5.82. The Morgan fingerprint density at radius 1 is 1.00 bits per heavy atom. The molecule has 5 rings (SSSR count). The van der Waals surface area contributed by atoms with Gasteiger partial charge in [0.2, 0.25) is 5.91 Å². The van der Waals surface area contributed by atoms with Gasteiger partial charge in [0, 0.05) is 23.7 Å².